The summed E-state index contributed by atoms with van der Waals surface area (Å²) in [5, 5.41) is 0.484. The lowest BCUT2D eigenvalue weighted by Gasteiger charge is -2.04. The first-order valence-corrected chi connectivity index (χ1v) is 6.97. The highest BCUT2D eigenvalue weighted by molar-refractivity contribution is 8.01. The van der Waals surface area contributed by atoms with Crippen molar-refractivity contribution in [1.29, 1.82) is 0 Å². The lowest BCUT2D eigenvalue weighted by molar-refractivity contribution is 1.10. The topological polar surface area (TPSA) is 97.5 Å². The molecule has 0 saturated carbocycles. The van der Waals surface area contributed by atoms with Crippen LogP contribution in [-0.2, 0) is 0 Å². The van der Waals surface area contributed by atoms with Crippen LogP contribution in [0.5, 0.6) is 0 Å². The van der Waals surface area contributed by atoms with E-state index in [-0.39, 0.29) is 5.56 Å². The summed E-state index contributed by atoms with van der Waals surface area (Å²) < 4.78 is 4.93. The number of hydrogen-bond donors (Lipinski definition) is 2. The number of anilines is 1. The summed E-state index contributed by atoms with van der Waals surface area (Å²) in [4.78, 5) is 23.4. The van der Waals surface area contributed by atoms with E-state index in [1.54, 1.807) is 12.1 Å². The molecule has 8 heteroatoms. The Morgan fingerprint density at radius 1 is 1.42 bits per heavy atom. The third-order valence-electron chi connectivity index (χ3n) is 2.48. The average Bonchev–Trinajstić information content (AvgIpc) is 2.77. The molecule has 0 saturated heterocycles. The van der Waals surface area contributed by atoms with Gasteiger partial charge in [0.25, 0.3) is 5.56 Å². The molecule has 0 spiro atoms. The molecule has 2 heterocycles. The molecule has 0 fully saturated rings. The van der Waals surface area contributed by atoms with Crippen molar-refractivity contribution in [1.82, 2.24) is 19.3 Å². The molecule has 96 valence electrons. The molecule has 0 unspecified atom stereocenters. The number of rotatable bonds is 2. The van der Waals surface area contributed by atoms with Crippen LogP contribution in [0.4, 0.5) is 5.69 Å². The molecule has 19 heavy (non-hydrogen) atoms. The molecular formula is C11H9N5OS2. The van der Waals surface area contributed by atoms with E-state index in [1.165, 1.54) is 29.6 Å². The Kier molecular flexibility index (Phi) is 2.96. The zero-order valence-corrected chi connectivity index (χ0v) is 11.5. The van der Waals surface area contributed by atoms with Gasteiger partial charge in [0, 0.05) is 10.6 Å². The molecule has 1 aromatic carbocycles. The molecule has 0 amide bonds. The number of aromatic amines is 1. The standard InChI is InChI=1S/C11H9N5OS2/c1-5-15-11(19-16-5)18-9-3-8-6(2-7(9)12)10(17)14-4-13-8/h2-4H,12H2,1H3,(H,13,14,17). The summed E-state index contributed by atoms with van der Waals surface area (Å²) in [5.74, 6) is 0.737. The van der Waals surface area contributed by atoms with Crippen molar-refractivity contribution in [3.8, 4) is 0 Å². The Labute approximate surface area is 116 Å². The lowest BCUT2D eigenvalue weighted by Crippen LogP contribution is -2.07. The fraction of sp³-hybridized carbons (Fsp3) is 0.0909. The second-order valence-electron chi connectivity index (χ2n) is 3.85. The van der Waals surface area contributed by atoms with Crippen LogP contribution in [0, 0.1) is 6.92 Å². The second-order valence-corrected chi connectivity index (χ2v) is 5.89. The smallest absolute Gasteiger partial charge is 0.258 e. The van der Waals surface area contributed by atoms with Crippen molar-refractivity contribution in [3.63, 3.8) is 0 Å². The normalized spacial score (nSPS) is 11.0. The zero-order valence-electron chi connectivity index (χ0n) is 9.88. The first kappa shape index (κ1) is 12.1. The molecule has 3 rings (SSSR count). The van der Waals surface area contributed by atoms with Gasteiger partial charge in [-0.25, -0.2) is 9.97 Å². The summed E-state index contributed by atoms with van der Waals surface area (Å²) >= 11 is 2.74. The van der Waals surface area contributed by atoms with Crippen LogP contribution in [0.1, 0.15) is 5.82 Å². The Balaban J connectivity index is 2.09. The summed E-state index contributed by atoms with van der Waals surface area (Å²) in [5.41, 5.74) is 6.91. The first-order valence-electron chi connectivity index (χ1n) is 5.38. The minimum absolute atomic E-state index is 0.194. The van der Waals surface area contributed by atoms with Gasteiger partial charge in [-0.05, 0) is 30.6 Å². The Morgan fingerprint density at radius 2 is 2.26 bits per heavy atom. The van der Waals surface area contributed by atoms with Crippen LogP contribution in [0.15, 0.2) is 32.5 Å². The summed E-state index contributed by atoms with van der Waals surface area (Å²) in [6.07, 6.45) is 1.38. The van der Waals surface area contributed by atoms with Crippen LogP contribution in [0.2, 0.25) is 0 Å². The average molecular weight is 291 g/mol. The van der Waals surface area contributed by atoms with Crippen molar-refractivity contribution in [2.45, 2.75) is 16.2 Å². The fourth-order valence-corrected chi connectivity index (χ4v) is 3.28. The van der Waals surface area contributed by atoms with E-state index in [1.807, 2.05) is 6.92 Å². The number of nitrogen functional groups attached to an aromatic ring is 1. The quantitative estimate of drug-likeness (QED) is 0.699. The number of aryl methyl sites for hydroxylation is 1. The zero-order chi connectivity index (χ0) is 13.4. The van der Waals surface area contributed by atoms with Gasteiger partial charge in [-0.15, -0.1) is 0 Å². The van der Waals surface area contributed by atoms with Crippen molar-refractivity contribution in [2.24, 2.45) is 0 Å². The Bertz CT molecular complexity index is 810. The van der Waals surface area contributed by atoms with Gasteiger partial charge in [0.1, 0.15) is 5.82 Å². The molecule has 0 aliphatic rings. The lowest BCUT2D eigenvalue weighted by atomic mass is 10.2. The van der Waals surface area contributed by atoms with E-state index in [2.05, 4.69) is 19.3 Å². The first-order chi connectivity index (χ1) is 9.13. The number of aromatic nitrogens is 4. The number of fused-ring (bicyclic) bond motifs is 1. The van der Waals surface area contributed by atoms with Crippen molar-refractivity contribution >= 4 is 39.9 Å². The Hall–Kier alpha value is -1.93. The van der Waals surface area contributed by atoms with Gasteiger partial charge in [0.2, 0.25) is 0 Å². The maximum atomic E-state index is 11.6. The third-order valence-corrected chi connectivity index (χ3v) is 4.39. The van der Waals surface area contributed by atoms with E-state index >= 15 is 0 Å². The van der Waals surface area contributed by atoms with Crippen molar-refractivity contribution < 1.29 is 0 Å². The number of nitrogens with one attached hydrogen (secondary N) is 1. The van der Waals surface area contributed by atoms with E-state index in [0.717, 1.165) is 15.1 Å². The molecule has 0 radical (unpaired) electrons. The summed E-state index contributed by atoms with van der Waals surface area (Å²) in [7, 11) is 0. The molecule has 0 bridgehead atoms. The van der Waals surface area contributed by atoms with Crippen molar-refractivity contribution in [2.75, 3.05) is 5.73 Å². The van der Waals surface area contributed by atoms with E-state index in [4.69, 9.17) is 5.73 Å². The minimum Gasteiger partial charge on any atom is -0.398 e. The van der Waals surface area contributed by atoms with Crippen molar-refractivity contribution in [3.05, 3.63) is 34.6 Å². The predicted molar refractivity (Wildman–Crippen MR) is 75.5 cm³/mol. The highest BCUT2D eigenvalue weighted by Gasteiger charge is 2.09. The molecule has 3 aromatic rings. The number of H-pyrrole nitrogens is 1. The minimum atomic E-state index is -0.194. The third kappa shape index (κ3) is 2.32. The molecule has 3 N–H and O–H groups in total. The number of benzene rings is 1. The molecule has 0 aliphatic carbocycles. The SMILES string of the molecule is Cc1nsc(Sc2cc3nc[nH]c(=O)c3cc2N)n1. The van der Waals surface area contributed by atoms with E-state index < -0.39 is 0 Å². The molecule has 0 aliphatic heterocycles. The van der Waals surface area contributed by atoms with Gasteiger partial charge in [-0.2, -0.15) is 4.37 Å². The van der Waals surface area contributed by atoms with Crippen LogP contribution in [0.25, 0.3) is 10.9 Å². The second kappa shape index (κ2) is 4.63. The van der Waals surface area contributed by atoms with Gasteiger partial charge >= 0.3 is 0 Å². The van der Waals surface area contributed by atoms with E-state index in [0.29, 0.717) is 16.6 Å². The predicted octanol–water partition coefficient (Wildman–Crippen LogP) is 1.82. The van der Waals surface area contributed by atoms with Gasteiger partial charge in [0.15, 0.2) is 4.34 Å². The van der Waals surface area contributed by atoms with Crippen LogP contribution >= 0.6 is 23.3 Å². The van der Waals surface area contributed by atoms with Gasteiger partial charge in [0.05, 0.1) is 17.2 Å². The monoisotopic (exact) mass is 291 g/mol. The molecule has 2 aromatic heterocycles. The van der Waals surface area contributed by atoms with Crippen LogP contribution in [-0.4, -0.2) is 19.3 Å². The van der Waals surface area contributed by atoms with Crippen LogP contribution in [0.3, 0.4) is 0 Å². The largest absolute Gasteiger partial charge is 0.398 e. The number of nitrogens with zero attached hydrogens (tertiary/aromatic N) is 3. The van der Waals surface area contributed by atoms with Gasteiger partial charge in [-0.3, -0.25) is 4.79 Å². The van der Waals surface area contributed by atoms with Gasteiger partial charge < -0.3 is 10.7 Å². The maximum absolute atomic E-state index is 11.6. The summed E-state index contributed by atoms with van der Waals surface area (Å²) in [6, 6.07) is 3.43. The highest BCUT2D eigenvalue weighted by atomic mass is 32.2. The highest BCUT2D eigenvalue weighted by Crippen LogP contribution is 2.34. The number of hydrogen-bond acceptors (Lipinski definition) is 7. The Morgan fingerprint density at radius 3 is 3.00 bits per heavy atom. The summed E-state index contributed by atoms with van der Waals surface area (Å²) in [6.45, 7) is 1.84. The molecule has 6 nitrogen and oxygen atoms in total. The fourth-order valence-electron chi connectivity index (χ4n) is 1.61. The van der Waals surface area contributed by atoms with Crippen LogP contribution < -0.4 is 11.3 Å². The molecule has 0 atom stereocenters. The molecular weight excluding hydrogens is 282 g/mol. The maximum Gasteiger partial charge on any atom is 0.258 e. The number of nitrogens with two attached hydrogens (primary N) is 1. The van der Waals surface area contributed by atoms with Gasteiger partial charge in [-0.1, -0.05) is 11.8 Å². The van der Waals surface area contributed by atoms with E-state index in [9.17, 15) is 4.79 Å².